The van der Waals surface area contributed by atoms with E-state index in [1.54, 1.807) is 24.3 Å². The van der Waals surface area contributed by atoms with Crippen LogP contribution >= 0.6 is 0 Å². The molecule has 1 aliphatic heterocycles. The van der Waals surface area contributed by atoms with Crippen molar-refractivity contribution in [3.8, 4) is 5.75 Å². The molecule has 3 N–H and O–H groups in total. The second-order valence-corrected chi connectivity index (χ2v) is 8.60. The first-order valence-electron chi connectivity index (χ1n) is 9.17. The topological polar surface area (TPSA) is 129 Å². The van der Waals surface area contributed by atoms with Crippen LogP contribution in [0.4, 0.5) is 11.4 Å². The number of carboxylic acid groups (broad SMARTS) is 1. The third kappa shape index (κ3) is 3.67. The third-order valence-corrected chi connectivity index (χ3v) is 6.73. The SMILES string of the molecule is O=C(O)c1ccccc1Nc1c(S(=O)(=O)N2CCOCC2)cnc2ccc(O)cc12. The number of hydrogen-bond donors (Lipinski definition) is 3. The van der Waals surface area contributed by atoms with E-state index in [-0.39, 0.29) is 53.9 Å². The molecule has 4 rings (SSSR count). The van der Waals surface area contributed by atoms with Crippen LogP contribution in [0, 0.1) is 0 Å². The fourth-order valence-corrected chi connectivity index (χ4v) is 4.84. The molecule has 0 atom stereocenters. The smallest absolute Gasteiger partial charge is 0.337 e. The van der Waals surface area contributed by atoms with Crippen LogP contribution in [0.5, 0.6) is 5.75 Å². The number of sulfonamides is 1. The number of para-hydroxylation sites is 1. The van der Waals surface area contributed by atoms with Gasteiger partial charge in [-0.15, -0.1) is 0 Å². The molecule has 30 heavy (non-hydrogen) atoms. The van der Waals surface area contributed by atoms with Gasteiger partial charge in [-0.2, -0.15) is 4.31 Å². The molecule has 1 saturated heterocycles. The minimum Gasteiger partial charge on any atom is -0.508 e. The number of carboxylic acids is 1. The number of carbonyl (C=O) groups is 1. The average Bonchev–Trinajstić information content (AvgIpc) is 2.75. The summed E-state index contributed by atoms with van der Waals surface area (Å²) in [5.41, 5.74) is 0.803. The molecule has 1 aliphatic rings. The van der Waals surface area contributed by atoms with Crippen molar-refractivity contribution in [2.75, 3.05) is 31.6 Å². The van der Waals surface area contributed by atoms with Gasteiger partial charge in [-0.25, -0.2) is 13.2 Å². The van der Waals surface area contributed by atoms with Crippen LogP contribution < -0.4 is 5.32 Å². The van der Waals surface area contributed by atoms with Gasteiger partial charge in [0.2, 0.25) is 10.0 Å². The zero-order chi connectivity index (χ0) is 21.3. The van der Waals surface area contributed by atoms with Crippen LogP contribution in [0.2, 0.25) is 0 Å². The maximum atomic E-state index is 13.4. The Morgan fingerprint density at radius 2 is 1.87 bits per heavy atom. The van der Waals surface area contributed by atoms with Gasteiger partial charge in [-0.05, 0) is 30.3 Å². The Morgan fingerprint density at radius 1 is 1.13 bits per heavy atom. The zero-order valence-corrected chi connectivity index (χ0v) is 16.6. The number of phenols is 1. The number of nitrogens with one attached hydrogen (secondary N) is 1. The van der Waals surface area contributed by atoms with Crippen LogP contribution in [-0.2, 0) is 14.8 Å². The van der Waals surface area contributed by atoms with Crippen molar-refractivity contribution in [1.29, 1.82) is 0 Å². The van der Waals surface area contributed by atoms with E-state index in [1.165, 1.54) is 28.7 Å². The normalized spacial score (nSPS) is 15.2. The minimum atomic E-state index is -3.95. The molecule has 2 aromatic carbocycles. The highest BCUT2D eigenvalue weighted by atomic mass is 32.2. The van der Waals surface area contributed by atoms with E-state index in [9.17, 15) is 23.4 Å². The summed E-state index contributed by atoms with van der Waals surface area (Å²) < 4.78 is 33.3. The molecular weight excluding hydrogens is 410 g/mol. The third-order valence-electron chi connectivity index (χ3n) is 4.82. The maximum absolute atomic E-state index is 13.4. The number of benzene rings is 2. The highest BCUT2D eigenvalue weighted by molar-refractivity contribution is 7.89. The van der Waals surface area contributed by atoms with Crippen molar-refractivity contribution in [1.82, 2.24) is 9.29 Å². The molecule has 156 valence electrons. The Balaban J connectivity index is 1.93. The number of aromatic nitrogens is 1. The molecule has 0 unspecified atom stereocenters. The van der Waals surface area contributed by atoms with Crippen LogP contribution in [-0.4, -0.2) is 60.2 Å². The molecule has 2 heterocycles. The highest BCUT2D eigenvalue weighted by Gasteiger charge is 2.30. The van der Waals surface area contributed by atoms with Crippen molar-refractivity contribution in [3.05, 3.63) is 54.2 Å². The summed E-state index contributed by atoms with van der Waals surface area (Å²) >= 11 is 0. The van der Waals surface area contributed by atoms with Gasteiger partial charge in [0.25, 0.3) is 0 Å². The second-order valence-electron chi connectivity index (χ2n) is 6.69. The summed E-state index contributed by atoms with van der Waals surface area (Å²) in [5.74, 6) is -1.23. The Hall–Kier alpha value is -3.21. The van der Waals surface area contributed by atoms with Gasteiger partial charge in [-0.3, -0.25) is 4.98 Å². The summed E-state index contributed by atoms with van der Waals surface area (Å²) in [6, 6.07) is 10.6. The monoisotopic (exact) mass is 429 g/mol. The number of hydrogen-bond acceptors (Lipinski definition) is 7. The van der Waals surface area contributed by atoms with Crippen molar-refractivity contribution in [3.63, 3.8) is 0 Å². The molecule has 9 nitrogen and oxygen atoms in total. The predicted molar refractivity (Wildman–Crippen MR) is 110 cm³/mol. The molecule has 0 bridgehead atoms. The summed E-state index contributed by atoms with van der Waals surface area (Å²) in [6.45, 7) is 0.967. The first kappa shape index (κ1) is 20.1. The number of aromatic hydroxyl groups is 1. The van der Waals surface area contributed by atoms with Crippen molar-refractivity contribution >= 4 is 38.3 Å². The van der Waals surface area contributed by atoms with E-state index in [4.69, 9.17) is 4.74 Å². The van der Waals surface area contributed by atoms with Crippen molar-refractivity contribution in [2.45, 2.75) is 4.90 Å². The minimum absolute atomic E-state index is 0.0164. The molecule has 0 spiro atoms. The largest absolute Gasteiger partial charge is 0.508 e. The number of morpholine rings is 1. The van der Waals surface area contributed by atoms with Gasteiger partial charge in [-0.1, -0.05) is 12.1 Å². The Labute approximate surface area is 172 Å². The van der Waals surface area contributed by atoms with E-state index in [0.29, 0.717) is 10.9 Å². The lowest BCUT2D eigenvalue weighted by Gasteiger charge is -2.27. The Morgan fingerprint density at radius 3 is 2.60 bits per heavy atom. The summed E-state index contributed by atoms with van der Waals surface area (Å²) in [5, 5.41) is 22.8. The van der Waals surface area contributed by atoms with Crippen LogP contribution in [0.25, 0.3) is 10.9 Å². The van der Waals surface area contributed by atoms with Gasteiger partial charge in [0.05, 0.1) is 35.7 Å². The van der Waals surface area contributed by atoms with Crippen LogP contribution in [0.15, 0.2) is 53.6 Å². The number of nitrogens with zero attached hydrogens (tertiary/aromatic N) is 2. The number of pyridine rings is 1. The Bertz CT molecular complexity index is 1220. The molecule has 1 fully saturated rings. The fraction of sp³-hybridized carbons (Fsp3) is 0.200. The maximum Gasteiger partial charge on any atom is 0.337 e. The van der Waals surface area contributed by atoms with Gasteiger partial charge in [0, 0.05) is 24.7 Å². The van der Waals surface area contributed by atoms with E-state index in [1.807, 2.05) is 0 Å². The second kappa shape index (κ2) is 7.90. The number of ether oxygens (including phenoxy) is 1. The molecule has 10 heteroatoms. The zero-order valence-electron chi connectivity index (χ0n) is 15.8. The molecule has 3 aromatic rings. The molecule has 1 aromatic heterocycles. The van der Waals surface area contributed by atoms with Crippen LogP contribution in [0.3, 0.4) is 0 Å². The van der Waals surface area contributed by atoms with E-state index < -0.39 is 16.0 Å². The number of fused-ring (bicyclic) bond motifs is 1. The lowest BCUT2D eigenvalue weighted by Crippen LogP contribution is -2.40. The summed E-state index contributed by atoms with van der Waals surface area (Å²) in [7, 11) is -3.95. The standard InChI is InChI=1S/C20H19N3O6S/c24-13-5-6-16-15(11-13)19(22-17-4-2-1-3-14(17)20(25)26)18(12-21-16)30(27,28)23-7-9-29-10-8-23/h1-6,11-12,24H,7-10H2,(H,21,22)(H,25,26). The van der Waals surface area contributed by atoms with Gasteiger partial charge >= 0.3 is 5.97 Å². The molecule has 0 amide bonds. The van der Waals surface area contributed by atoms with Crippen LogP contribution in [0.1, 0.15) is 10.4 Å². The van der Waals surface area contributed by atoms with E-state index in [2.05, 4.69) is 10.3 Å². The summed E-state index contributed by atoms with van der Waals surface area (Å²) in [4.78, 5) is 15.8. The van der Waals surface area contributed by atoms with E-state index in [0.717, 1.165) is 0 Å². The molecule has 0 saturated carbocycles. The number of phenolic OH excluding ortho intramolecular Hbond substituents is 1. The number of rotatable bonds is 5. The highest BCUT2D eigenvalue weighted by Crippen LogP contribution is 2.36. The fourth-order valence-electron chi connectivity index (χ4n) is 3.33. The molecule has 0 radical (unpaired) electrons. The van der Waals surface area contributed by atoms with Crippen molar-refractivity contribution in [2.24, 2.45) is 0 Å². The quantitative estimate of drug-likeness (QED) is 0.564. The molecule has 0 aliphatic carbocycles. The van der Waals surface area contributed by atoms with E-state index >= 15 is 0 Å². The lowest BCUT2D eigenvalue weighted by molar-refractivity contribution is 0.0698. The van der Waals surface area contributed by atoms with Gasteiger partial charge in [0.15, 0.2) is 0 Å². The predicted octanol–water partition coefficient (Wildman–Crippen LogP) is 2.40. The number of anilines is 2. The summed E-state index contributed by atoms with van der Waals surface area (Å²) in [6.07, 6.45) is 1.25. The number of aromatic carboxylic acids is 1. The Kier molecular flexibility index (Phi) is 5.29. The molecular formula is C20H19N3O6S. The average molecular weight is 429 g/mol. The van der Waals surface area contributed by atoms with Gasteiger partial charge < -0.3 is 20.3 Å². The first-order chi connectivity index (χ1) is 14.4. The first-order valence-corrected chi connectivity index (χ1v) is 10.6. The van der Waals surface area contributed by atoms with Crippen molar-refractivity contribution < 1.29 is 28.2 Å². The lowest BCUT2D eigenvalue weighted by atomic mass is 10.1. The van der Waals surface area contributed by atoms with Gasteiger partial charge in [0.1, 0.15) is 10.6 Å².